The fourth-order valence-electron chi connectivity index (χ4n) is 3.65. The molecule has 124 valence electrons. The lowest BCUT2D eigenvalue weighted by atomic mass is 9.82. The summed E-state index contributed by atoms with van der Waals surface area (Å²) in [5, 5.41) is 2.66. The van der Waals surface area contributed by atoms with E-state index in [4.69, 9.17) is 9.47 Å². The Hall–Kier alpha value is -2.60. The number of benzene rings is 1. The van der Waals surface area contributed by atoms with Gasteiger partial charge in [-0.25, -0.2) is 4.79 Å². The van der Waals surface area contributed by atoms with Gasteiger partial charge in [-0.2, -0.15) is 0 Å². The standard InChI is InChI=1S/C18H19N3O3/c1-18-7-9-23-16(18)21(2)15-6-5-13(10-14(15)18)24-17(22)20-12-4-3-8-19-11-12/h3-6,8,10-11,16H,7,9H2,1-2H3,(H,20,22)/t16-,18-/m0/s1. The third kappa shape index (κ3) is 2.30. The molecule has 4 rings (SSSR count). The summed E-state index contributed by atoms with van der Waals surface area (Å²) in [6.07, 6.45) is 3.69. The van der Waals surface area contributed by atoms with E-state index in [9.17, 15) is 4.79 Å². The van der Waals surface area contributed by atoms with Gasteiger partial charge in [0.25, 0.3) is 0 Å². The third-order valence-electron chi connectivity index (χ3n) is 4.88. The predicted molar refractivity (Wildman–Crippen MR) is 90.4 cm³/mol. The molecule has 0 unspecified atom stereocenters. The number of hydrogen-bond donors (Lipinski definition) is 1. The quantitative estimate of drug-likeness (QED) is 0.919. The van der Waals surface area contributed by atoms with Crippen molar-refractivity contribution in [2.75, 3.05) is 23.9 Å². The molecule has 6 heteroatoms. The highest BCUT2D eigenvalue weighted by molar-refractivity contribution is 5.86. The molecule has 2 aliphatic heterocycles. The molecule has 0 bridgehead atoms. The number of carbonyl (C=O) groups excluding carboxylic acids is 1. The maximum Gasteiger partial charge on any atom is 0.417 e. The molecule has 24 heavy (non-hydrogen) atoms. The van der Waals surface area contributed by atoms with Crippen LogP contribution in [0.5, 0.6) is 5.75 Å². The number of nitrogens with zero attached hydrogens (tertiary/aromatic N) is 2. The Labute approximate surface area is 140 Å². The second-order valence-electron chi connectivity index (χ2n) is 6.44. The van der Waals surface area contributed by atoms with Crippen LogP contribution in [0.15, 0.2) is 42.7 Å². The largest absolute Gasteiger partial charge is 0.417 e. The molecule has 0 saturated carbocycles. The van der Waals surface area contributed by atoms with E-state index in [0.29, 0.717) is 11.4 Å². The van der Waals surface area contributed by atoms with E-state index in [1.54, 1.807) is 24.5 Å². The Balaban J connectivity index is 1.55. The number of carbonyl (C=O) groups is 1. The Morgan fingerprint density at radius 3 is 3.12 bits per heavy atom. The van der Waals surface area contributed by atoms with Crippen LogP contribution in [0.2, 0.25) is 0 Å². The molecule has 3 heterocycles. The minimum absolute atomic E-state index is 0.0481. The molecule has 1 aromatic heterocycles. The fraction of sp³-hybridized carbons (Fsp3) is 0.333. The maximum absolute atomic E-state index is 12.1. The van der Waals surface area contributed by atoms with E-state index < -0.39 is 6.09 Å². The second-order valence-corrected chi connectivity index (χ2v) is 6.44. The minimum atomic E-state index is -0.529. The van der Waals surface area contributed by atoms with Gasteiger partial charge in [0.1, 0.15) is 12.0 Å². The first-order valence-electron chi connectivity index (χ1n) is 7.96. The van der Waals surface area contributed by atoms with Gasteiger partial charge in [-0.1, -0.05) is 6.92 Å². The molecule has 1 fully saturated rings. The van der Waals surface area contributed by atoms with Gasteiger partial charge in [0.15, 0.2) is 0 Å². The van der Waals surface area contributed by atoms with E-state index in [0.717, 1.165) is 18.7 Å². The number of ether oxygens (including phenoxy) is 2. The molecule has 1 amide bonds. The minimum Gasteiger partial charge on any atom is -0.410 e. The van der Waals surface area contributed by atoms with Gasteiger partial charge in [-0.15, -0.1) is 0 Å². The lowest BCUT2D eigenvalue weighted by Crippen LogP contribution is -2.37. The highest BCUT2D eigenvalue weighted by Crippen LogP contribution is 2.51. The van der Waals surface area contributed by atoms with Crippen molar-refractivity contribution in [3.8, 4) is 5.75 Å². The number of anilines is 2. The van der Waals surface area contributed by atoms with Gasteiger partial charge in [-0.3, -0.25) is 10.3 Å². The van der Waals surface area contributed by atoms with Gasteiger partial charge < -0.3 is 14.4 Å². The van der Waals surface area contributed by atoms with Crippen LogP contribution in [-0.2, 0) is 10.2 Å². The molecule has 2 aliphatic rings. The van der Waals surface area contributed by atoms with Crippen LogP contribution in [0.1, 0.15) is 18.9 Å². The number of nitrogens with one attached hydrogen (secondary N) is 1. The smallest absolute Gasteiger partial charge is 0.410 e. The lowest BCUT2D eigenvalue weighted by Gasteiger charge is -2.26. The highest BCUT2D eigenvalue weighted by atomic mass is 16.6. The van der Waals surface area contributed by atoms with Gasteiger partial charge in [0.2, 0.25) is 0 Å². The second kappa shape index (κ2) is 5.49. The summed E-state index contributed by atoms with van der Waals surface area (Å²) in [5.41, 5.74) is 2.82. The van der Waals surface area contributed by atoms with Gasteiger partial charge >= 0.3 is 6.09 Å². The average Bonchev–Trinajstić information content (AvgIpc) is 3.05. The molecule has 6 nitrogen and oxygen atoms in total. The van der Waals surface area contributed by atoms with E-state index in [-0.39, 0.29) is 11.6 Å². The number of fused-ring (bicyclic) bond motifs is 3. The van der Waals surface area contributed by atoms with Crippen molar-refractivity contribution in [1.82, 2.24) is 4.98 Å². The molecular formula is C18H19N3O3. The zero-order chi connectivity index (χ0) is 16.7. The summed E-state index contributed by atoms with van der Waals surface area (Å²) in [4.78, 5) is 18.2. The van der Waals surface area contributed by atoms with Gasteiger partial charge in [0.05, 0.1) is 18.5 Å². The Kier molecular flexibility index (Phi) is 3.42. The topological polar surface area (TPSA) is 63.7 Å². The molecule has 0 spiro atoms. The van der Waals surface area contributed by atoms with Crippen molar-refractivity contribution in [3.05, 3.63) is 48.3 Å². The molecule has 1 aromatic carbocycles. The molecule has 2 atom stereocenters. The van der Waals surface area contributed by atoms with Crippen LogP contribution in [0.3, 0.4) is 0 Å². The van der Waals surface area contributed by atoms with E-state index in [1.165, 1.54) is 5.56 Å². The number of aromatic nitrogens is 1. The van der Waals surface area contributed by atoms with Crippen LogP contribution >= 0.6 is 0 Å². The molecule has 1 N–H and O–H groups in total. The van der Waals surface area contributed by atoms with Crippen molar-refractivity contribution in [2.24, 2.45) is 0 Å². The number of hydrogen-bond acceptors (Lipinski definition) is 5. The van der Waals surface area contributed by atoms with Crippen molar-refractivity contribution in [1.29, 1.82) is 0 Å². The molecule has 2 aromatic rings. The van der Waals surface area contributed by atoms with Crippen molar-refractivity contribution in [2.45, 2.75) is 25.0 Å². The van der Waals surface area contributed by atoms with Crippen LogP contribution < -0.4 is 15.0 Å². The summed E-state index contributed by atoms with van der Waals surface area (Å²) in [7, 11) is 2.04. The summed E-state index contributed by atoms with van der Waals surface area (Å²) in [6, 6.07) is 9.25. The summed E-state index contributed by atoms with van der Waals surface area (Å²) < 4.78 is 11.3. The Morgan fingerprint density at radius 2 is 2.33 bits per heavy atom. The summed E-state index contributed by atoms with van der Waals surface area (Å²) >= 11 is 0. The first kappa shape index (κ1) is 15.0. The average molecular weight is 325 g/mol. The van der Waals surface area contributed by atoms with E-state index >= 15 is 0 Å². The summed E-state index contributed by atoms with van der Waals surface area (Å²) in [6.45, 7) is 2.95. The first-order valence-corrected chi connectivity index (χ1v) is 7.96. The molecular weight excluding hydrogens is 306 g/mol. The molecule has 0 aliphatic carbocycles. The van der Waals surface area contributed by atoms with Crippen molar-refractivity contribution < 1.29 is 14.3 Å². The monoisotopic (exact) mass is 325 g/mol. The van der Waals surface area contributed by atoms with Crippen LogP contribution in [0.25, 0.3) is 0 Å². The Morgan fingerprint density at radius 1 is 1.46 bits per heavy atom. The summed E-state index contributed by atoms with van der Waals surface area (Å²) in [5.74, 6) is 0.525. The highest BCUT2D eigenvalue weighted by Gasteiger charge is 2.50. The number of likely N-dealkylation sites (N-methyl/N-ethyl adjacent to an activating group) is 1. The first-order chi connectivity index (χ1) is 11.6. The van der Waals surface area contributed by atoms with E-state index in [2.05, 4.69) is 22.1 Å². The predicted octanol–water partition coefficient (Wildman–Crippen LogP) is 3.15. The van der Waals surface area contributed by atoms with Crippen molar-refractivity contribution in [3.63, 3.8) is 0 Å². The zero-order valence-electron chi connectivity index (χ0n) is 13.7. The Bertz CT molecular complexity index is 780. The SMILES string of the molecule is CN1c2ccc(OC(=O)Nc3cccnc3)cc2[C@]2(C)CCO[C@H]12. The van der Waals surface area contributed by atoms with Gasteiger partial charge in [0, 0.05) is 24.3 Å². The van der Waals surface area contributed by atoms with Crippen LogP contribution in [0.4, 0.5) is 16.2 Å². The lowest BCUT2D eigenvalue weighted by molar-refractivity contribution is 0.0920. The number of rotatable bonds is 2. The fourth-order valence-corrected chi connectivity index (χ4v) is 3.65. The maximum atomic E-state index is 12.1. The zero-order valence-corrected chi connectivity index (χ0v) is 13.7. The van der Waals surface area contributed by atoms with Crippen molar-refractivity contribution >= 4 is 17.5 Å². The van der Waals surface area contributed by atoms with Crippen LogP contribution in [0, 0.1) is 0 Å². The number of pyridine rings is 1. The third-order valence-corrected chi connectivity index (χ3v) is 4.88. The van der Waals surface area contributed by atoms with E-state index in [1.807, 2.05) is 25.2 Å². The molecule has 0 radical (unpaired) electrons. The number of amides is 1. The van der Waals surface area contributed by atoms with Gasteiger partial charge in [-0.05, 0) is 42.3 Å². The van der Waals surface area contributed by atoms with Crippen LogP contribution in [-0.4, -0.2) is 31.0 Å². The normalized spacial score (nSPS) is 24.4. The molecule has 1 saturated heterocycles.